The van der Waals surface area contributed by atoms with E-state index in [1.165, 1.54) is 12.1 Å². The van der Waals surface area contributed by atoms with Gasteiger partial charge in [0, 0.05) is 12.3 Å². The molecule has 1 rings (SSSR count). The van der Waals surface area contributed by atoms with Crippen molar-refractivity contribution in [1.82, 2.24) is 0 Å². The molecule has 0 aromatic heterocycles. The molecule has 1 atom stereocenters. The highest BCUT2D eigenvalue weighted by Gasteiger charge is 2.14. The van der Waals surface area contributed by atoms with E-state index in [0.717, 1.165) is 5.56 Å². The van der Waals surface area contributed by atoms with Crippen LogP contribution in [0, 0.1) is 0 Å². The van der Waals surface area contributed by atoms with Gasteiger partial charge in [0.05, 0.1) is 4.90 Å². The van der Waals surface area contributed by atoms with Crippen molar-refractivity contribution in [3.63, 3.8) is 0 Å². The first-order valence-corrected chi connectivity index (χ1v) is 6.56. The van der Waals surface area contributed by atoms with Crippen LogP contribution in [0.4, 0.5) is 0 Å². The Bertz CT molecular complexity index is 476. The molecule has 0 aliphatic rings. The number of carbonyl (C=O) groups is 1. The van der Waals surface area contributed by atoms with Gasteiger partial charge in [-0.05, 0) is 17.7 Å². The third kappa shape index (κ3) is 2.90. The first-order chi connectivity index (χ1) is 7.36. The summed E-state index contributed by atoms with van der Waals surface area (Å²) in [7, 11) is -3.66. The molecule has 16 heavy (non-hydrogen) atoms. The maximum Gasteiger partial charge on any atom is 0.238 e. The van der Waals surface area contributed by atoms with E-state index in [-0.39, 0.29) is 16.6 Å². The summed E-state index contributed by atoms with van der Waals surface area (Å²) < 4.78 is 22.0. The lowest BCUT2D eigenvalue weighted by molar-refractivity contribution is -0.119. The van der Waals surface area contributed by atoms with Gasteiger partial charge < -0.3 is 0 Å². The lowest BCUT2D eigenvalue weighted by Crippen LogP contribution is -2.12. The summed E-state index contributed by atoms with van der Waals surface area (Å²) in [5.74, 6) is -0.0807. The fraction of sp³-hybridized carbons (Fsp3) is 0.364. The standard InChI is InChI=1S/C11H15NO3S/c1-3-11(13)8(2)9-4-6-10(7-5-9)16(12,14)15/h4-8H,3H2,1-2H3,(H2,12,14,15). The second kappa shape index (κ2) is 4.76. The molecule has 0 amide bonds. The van der Waals surface area contributed by atoms with Crippen LogP contribution >= 0.6 is 0 Å². The lowest BCUT2D eigenvalue weighted by Gasteiger charge is -2.09. The average Bonchev–Trinajstić information content (AvgIpc) is 2.26. The normalized spacial score (nSPS) is 13.4. The molecule has 1 unspecified atom stereocenters. The Morgan fingerprint density at radius 3 is 2.19 bits per heavy atom. The van der Waals surface area contributed by atoms with Crippen molar-refractivity contribution < 1.29 is 13.2 Å². The summed E-state index contributed by atoms with van der Waals surface area (Å²) in [5.41, 5.74) is 0.805. The summed E-state index contributed by atoms with van der Waals surface area (Å²) >= 11 is 0. The first kappa shape index (κ1) is 12.9. The Hall–Kier alpha value is -1.20. The van der Waals surface area contributed by atoms with E-state index in [1.54, 1.807) is 26.0 Å². The maximum atomic E-state index is 11.5. The Balaban J connectivity index is 3.00. The third-order valence-corrected chi connectivity index (χ3v) is 3.47. The molecule has 1 aromatic rings. The highest BCUT2D eigenvalue weighted by Crippen LogP contribution is 2.19. The van der Waals surface area contributed by atoms with Crippen molar-refractivity contribution in [3.8, 4) is 0 Å². The highest BCUT2D eigenvalue weighted by molar-refractivity contribution is 7.89. The van der Waals surface area contributed by atoms with Crippen LogP contribution in [0.2, 0.25) is 0 Å². The van der Waals surface area contributed by atoms with Crippen LogP contribution < -0.4 is 5.14 Å². The largest absolute Gasteiger partial charge is 0.299 e. The minimum absolute atomic E-state index is 0.0624. The fourth-order valence-corrected chi connectivity index (χ4v) is 1.95. The molecule has 0 saturated heterocycles. The van der Waals surface area contributed by atoms with Gasteiger partial charge in [-0.25, -0.2) is 13.6 Å². The van der Waals surface area contributed by atoms with Gasteiger partial charge in [0.2, 0.25) is 10.0 Å². The molecule has 4 nitrogen and oxygen atoms in total. The van der Waals surface area contributed by atoms with Gasteiger partial charge in [0.1, 0.15) is 5.78 Å². The zero-order valence-electron chi connectivity index (χ0n) is 9.30. The van der Waals surface area contributed by atoms with Crippen LogP contribution in [0.15, 0.2) is 29.2 Å². The minimum atomic E-state index is -3.66. The summed E-state index contributed by atoms with van der Waals surface area (Å²) in [6.07, 6.45) is 0.470. The van der Waals surface area contributed by atoms with Crippen LogP contribution in [-0.2, 0) is 14.8 Å². The van der Waals surface area contributed by atoms with Crippen molar-refractivity contribution in [2.75, 3.05) is 0 Å². The molecule has 88 valence electrons. The lowest BCUT2D eigenvalue weighted by atomic mass is 9.95. The number of rotatable bonds is 4. The summed E-state index contributed by atoms with van der Waals surface area (Å²) in [6.45, 7) is 3.61. The van der Waals surface area contributed by atoms with Gasteiger partial charge in [0.25, 0.3) is 0 Å². The van der Waals surface area contributed by atoms with Crippen molar-refractivity contribution in [1.29, 1.82) is 0 Å². The second-order valence-electron chi connectivity index (χ2n) is 3.66. The number of Topliss-reactive ketones (excluding diaryl/α,β-unsaturated/α-hetero) is 1. The molecule has 0 radical (unpaired) electrons. The van der Waals surface area contributed by atoms with Crippen molar-refractivity contribution in [3.05, 3.63) is 29.8 Å². The van der Waals surface area contributed by atoms with E-state index in [2.05, 4.69) is 0 Å². The van der Waals surface area contributed by atoms with Gasteiger partial charge in [-0.1, -0.05) is 26.0 Å². The summed E-state index contributed by atoms with van der Waals surface area (Å²) in [6, 6.07) is 6.09. The number of sulfonamides is 1. The Labute approximate surface area is 95.5 Å². The third-order valence-electron chi connectivity index (χ3n) is 2.54. The predicted molar refractivity (Wildman–Crippen MR) is 61.5 cm³/mol. The van der Waals surface area contributed by atoms with Gasteiger partial charge in [-0.3, -0.25) is 4.79 Å². The highest BCUT2D eigenvalue weighted by atomic mass is 32.2. The second-order valence-corrected chi connectivity index (χ2v) is 5.22. The minimum Gasteiger partial charge on any atom is -0.299 e. The molecular weight excluding hydrogens is 226 g/mol. The Morgan fingerprint density at radius 2 is 1.81 bits per heavy atom. The molecule has 2 N–H and O–H groups in total. The van der Waals surface area contributed by atoms with Crippen LogP contribution in [0.1, 0.15) is 31.7 Å². The smallest absolute Gasteiger partial charge is 0.238 e. The van der Waals surface area contributed by atoms with Gasteiger partial charge in [-0.15, -0.1) is 0 Å². The SMILES string of the molecule is CCC(=O)C(C)c1ccc(S(N)(=O)=O)cc1. The zero-order valence-corrected chi connectivity index (χ0v) is 10.1. The van der Waals surface area contributed by atoms with E-state index in [9.17, 15) is 13.2 Å². The van der Waals surface area contributed by atoms with Crippen LogP contribution in [-0.4, -0.2) is 14.2 Å². The van der Waals surface area contributed by atoms with Crippen molar-refractivity contribution >= 4 is 15.8 Å². The van der Waals surface area contributed by atoms with Crippen molar-refractivity contribution in [2.45, 2.75) is 31.1 Å². The number of primary sulfonamides is 1. The summed E-state index contributed by atoms with van der Waals surface area (Å²) in [5, 5.41) is 4.97. The number of benzene rings is 1. The predicted octanol–water partition coefficient (Wildman–Crippen LogP) is 1.42. The maximum absolute atomic E-state index is 11.5. The van der Waals surface area contributed by atoms with Gasteiger partial charge in [0.15, 0.2) is 0 Å². The van der Waals surface area contributed by atoms with E-state index in [0.29, 0.717) is 6.42 Å². The molecule has 0 aliphatic carbocycles. The number of hydrogen-bond donors (Lipinski definition) is 1. The number of nitrogens with two attached hydrogens (primary N) is 1. The monoisotopic (exact) mass is 241 g/mol. The molecular formula is C11H15NO3S. The van der Waals surface area contributed by atoms with E-state index < -0.39 is 10.0 Å². The molecule has 1 aromatic carbocycles. The average molecular weight is 241 g/mol. The van der Waals surface area contributed by atoms with E-state index >= 15 is 0 Å². The quantitative estimate of drug-likeness (QED) is 0.865. The van der Waals surface area contributed by atoms with Gasteiger partial charge >= 0.3 is 0 Å². The molecule has 0 aliphatic heterocycles. The van der Waals surface area contributed by atoms with Gasteiger partial charge in [-0.2, -0.15) is 0 Å². The molecule has 0 fully saturated rings. The Morgan fingerprint density at radius 1 is 1.31 bits per heavy atom. The van der Waals surface area contributed by atoms with Crippen LogP contribution in [0.5, 0.6) is 0 Å². The van der Waals surface area contributed by atoms with E-state index in [1.807, 2.05) is 0 Å². The number of ketones is 1. The number of hydrogen-bond acceptors (Lipinski definition) is 3. The molecule has 0 heterocycles. The topological polar surface area (TPSA) is 77.2 Å². The first-order valence-electron chi connectivity index (χ1n) is 5.01. The Kier molecular flexibility index (Phi) is 3.83. The number of carbonyl (C=O) groups excluding carboxylic acids is 1. The molecule has 0 saturated carbocycles. The zero-order chi connectivity index (χ0) is 12.3. The molecule has 0 spiro atoms. The van der Waals surface area contributed by atoms with Crippen LogP contribution in [0.3, 0.4) is 0 Å². The van der Waals surface area contributed by atoms with Crippen molar-refractivity contribution in [2.24, 2.45) is 5.14 Å². The van der Waals surface area contributed by atoms with E-state index in [4.69, 9.17) is 5.14 Å². The van der Waals surface area contributed by atoms with Crippen LogP contribution in [0.25, 0.3) is 0 Å². The molecule has 5 heteroatoms. The summed E-state index contributed by atoms with van der Waals surface area (Å²) in [4.78, 5) is 11.5. The fourth-order valence-electron chi connectivity index (χ4n) is 1.44. The molecule has 0 bridgehead atoms.